The third kappa shape index (κ3) is 4.03. The molecule has 6 aliphatic heterocycles. The number of pyridine rings is 2. The summed E-state index contributed by atoms with van der Waals surface area (Å²) < 4.78 is 0. The van der Waals surface area contributed by atoms with E-state index in [4.69, 9.17) is 0 Å². The Morgan fingerprint density at radius 3 is 1.55 bits per heavy atom. The van der Waals surface area contributed by atoms with Crippen LogP contribution in [0.25, 0.3) is 21.8 Å². The minimum absolute atomic E-state index is 0.469. The average Bonchev–Trinajstić information content (AvgIpc) is 3.05. The lowest BCUT2D eigenvalue weighted by atomic mass is 9.72. The van der Waals surface area contributed by atoms with Gasteiger partial charge in [0.15, 0.2) is 0 Å². The second-order valence-electron chi connectivity index (χ2n) is 12.5. The number of allylic oxidation sites excluding steroid dienone is 4. The number of benzene rings is 2. The molecule has 2 saturated heterocycles. The molecule has 6 aliphatic rings. The first-order valence-electron chi connectivity index (χ1n) is 15.7. The van der Waals surface area contributed by atoms with Gasteiger partial charge in [0, 0.05) is 48.3 Å². The maximum absolute atomic E-state index is 4.64. The molecular weight excluding hydrogens is 512 g/mol. The summed E-state index contributed by atoms with van der Waals surface area (Å²) in [5.41, 5.74) is 10.8. The van der Waals surface area contributed by atoms with Crippen molar-refractivity contribution >= 4 is 21.8 Å². The first-order valence-corrected chi connectivity index (χ1v) is 15.7. The molecule has 0 amide bonds. The Hall–Kier alpha value is -4.18. The first kappa shape index (κ1) is 25.5. The van der Waals surface area contributed by atoms with Gasteiger partial charge in [0.25, 0.3) is 0 Å². The minimum atomic E-state index is 0.469. The summed E-state index contributed by atoms with van der Waals surface area (Å²) in [6, 6.07) is 22.6. The van der Waals surface area contributed by atoms with Gasteiger partial charge in [0.05, 0.1) is 22.4 Å². The molecule has 0 spiro atoms. The maximum Gasteiger partial charge on any atom is 0.0704 e. The number of para-hydroxylation sites is 2. The van der Waals surface area contributed by atoms with Crippen LogP contribution in [0.1, 0.15) is 36.8 Å². The van der Waals surface area contributed by atoms with Crippen molar-refractivity contribution in [3.8, 4) is 0 Å². The van der Waals surface area contributed by atoms with E-state index in [-0.39, 0.29) is 0 Å². The van der Waals surface area contributed by atoms with E-state index in [0.717, 1.165) is 37.0 Å². The maximum atomic E-state index is 4.64. The highest BCUT2D eigenvalue weighted by Crippen LogP contribution is 2.50. The molecule has 4 bridgehead atoms. The van der Waals surface area contributed by atoms with Gasteiger partial charge < -0.3 is 9.80 Å². The fourth-order valence-corrected chi connectivity index (χ4v) is 8.61. The molecule has 0 aliphatic carbocycles. The van der Waals surface area contributed by atoms with Crippen molar-refractivity contribution in [2.24, 2.45) is 11.8 Å². The molecule has 4 atom stereocenters. The predicted octanol–water partition coefficient (Wildman–Crippen LogP) is 7.64. The van der Waals surface area contributed by atoms with E-state index in [2.05, 4.69) is 106 Å². The summed E-state index contributed by atoms with van der Waals surface area (Å²) in [4.78, 5) is 14.8. The van der Waals surface area contributed by atoms with Crippen molar-refractivity contribution in [1.82, 2.24) is 19.8 Å². The summed E-state index contributed by atoms with van der Waals surface area (Å²) >= 11 is 0. The molecule has 1 unspecified atom stereocenters. The Labute approximate surface area is 248 Å². The summed E-state index contributed by atoms with van der Waals surface area (Å²) in [5.74, 6) is 1.12. The van der Waals surface area contributed by atoms with Crippen molar-refractivity contribution in [1.29, 1.82) is 0 Å². The van der Waals surface area contributed by atoms with E-state index >= 15 is 0 Å². The first-order chi connectivity index (χ1) is 20.7. The zero-order chi connectivity index (χ0) is 28.2. The molecule has 0 N–H and O–H groups in total. The van der Waals surface area contributed by atoms with Crippen LogP contribution in [0.3, 0.4) is 0 Å². The minimum Gasteiger partial charge on any atom is -0.366 e. The lowest BCUT2D eigenvalue weighted by Crippen LogP contribution is -2.54. The fraction of sp³-hybridized carbons (Fsp3) is 0.316. The van der Waals surface area contributed by atoms with Crippen molar-refractivity contribution in [2.45, 2.75) is 50.6 Å². The van der Waals surface area contributed by atoms with E-state index < -0.39 is 0 Å². The van der Waals surface area contributed by atoms with Crippen LogP contribution in [0.2, 0.25) is 0 Å². The van der Waals surface area contributed by atoms with Gasteiger partial charge in [-0.15, -0.1) is 0 Å². The van der Waals surface area contributed by atoms with Crippen molar-refractivity contribution in [3.05, 3.63) is 132 Å². The summed E-state index contributed by atoms with van der Waals surface area (Å²) in [5, 5.41) is 2.57. The number of hydrogen-bond donors (Lipinski definition) is 0. The Kier molecular flexibility index (Phi) is 6.24. The summed E-state index contributed by atoms with van der Waals surface area (Å²) in [7, 11) is 0. The topological polar surface area (TPSA) is 32.3 Å². The highest BCUT2D eigenvalue weighted by molar-refractivity contribution is 5.82. The molecule has 8 heterocycles. The van der Waals surface area contributed by atoms with Crippen LogP contribution < -0.4 is 0 Å². The normalized spacial score (nSPS) is 25.1. The van der Waals surface area contributed by atoms with Gasteiger partial charge in [-0.05, 0) is 96.9 Å². The van der Waals surface area contributed by atoms with Gasteiger partial charge in [0.1, 0.15) is 0 Å². The van der Waals surface area contributed by atoms with Gasteiger partial charge >= 0.3 is 0 Å². The molecule has 4 nitrogen and oxygen atoms in total. The molecule has 42 heavy (non-hydrogen) atoms. The lowest BCUT2D eigenvalue weighted by Gasteiger charge is -2.55. The standard InChI is InChI=1S/C38H38N4/c1-3-31-27-15-19-41(29(23-27)21-25-13-17-39-35-11-7-5-9-33(25)35)37(31)38-32(4-2)28-16-20-42(38)30(24-28)22-26-14-18-40-36-12-8-6-10-34(26)36/h3-14,17-18,27-30H,1-2,15-16,19-24H2/t27-,28?,29-,30-/m0/s1. The Morgan fingerprint density at radius 2 is 1.10 bits per heavy atom. The van der Waals surface area contributed by atoms with Gasteiger partial charge in [-0.25, -0.2) is 0 Å². The number of aromatic nitrogens is 2. The molecule has 4 heteroatoms. The van der Waals surface area contributed by atoms with Crippen LogP contribution in [0, 0.1) is 11.8 Å². The molecule has 4 aromatic rings. The summed E-state index contributed by atoms with van der Waals surface area (Å²) in [6.45, 7) is 10.9. The van der Waals surface area contributed by atoms with Crippen LogP contribution >= 0.6 is 0 Å². The highest BCUT2D eigenvalue weighted by atomic mass is 15.3. The quantitative estimate of drug-likeness (QED) is 0.237. The van der Waals surface area contributed by atoms with Gasteiger partial charge in [-0.3, -0.25) is 9.97 Å². The number of rotatable bonds is 7. The van der Waals surface area contributed by atoms with Crippen LogP contribution in [0.5, 0.6) is 0 Å². The SMILES string of the molecule is C=CC1=C(C2=C(C=C)[C@H]3CCN2[C@@H](Cc2ccnc4ccccc24)C3)N2CCC1C[C@@H]2Cc1ccnc2ccccc12. The number of hydrogen-bond acceptors (Lipinski definition) is 4. The van der Waals surface area contributed by atoms with Crippen molar-refractivity contribution in [2.75, 3.05) is 13.1 Å². The zero-order valence-corrected chi connectivity index (χ0v) is 24.3. The number of nitrogens with zero attached hydrogens (tertiary/aromatic N) is 4. The zero-order valence-electron chi connectivity index (χ0n) is 24.3. The highest BCUT2D eigenvalue weighted by Gasteiger charge is 2.46. The molecule has 2 aromatic heterocycles. The molecule has 210 valence electrons. The van der Waals surface area contributed by atoms with Crippen molar-refractivity contribution in [3.63, 3.8) is 0 Å². The van der Waals surface area contributed by atoms with Crippen LogP contribution in [-0.2, 0) is 12.8 Å². The van der Waals surface area contributed by atoms with E-state index in [0.29, 0.717) is 23.9 Å². The van der Waals surface area contributed by atoms with Crippen LogP contribution in [0.15, 0.2) is 121 Å². The third-order valence-corrected chi connectivity index (χ3v) is 10.5. The van der Waals surface area contributed by atoms with Crippen LogP contribution in [0.4, 0.5) is 0 Å². The number of fused-ring (bicyclic) bond motifs is 7. The third-order valence-electron chi connectivity index (χ3n) is 10.5. The molecule has 0 radical (unpaired) electrons. The van der Waals surface area contributed by atoms with Crippen LogP contribution in [-0.4, -0.2) is 44.9 Å². The Balaban J connectivity index is 1.18. The lowest BCUT2D eigenvalue weighted by molar-refractivity contribution is 0.0963. The molecule has 2 aromatic carbocycles. The molecular formula is C38H38N4. The molecule has 2 fully saturated rings. The predicted molar refractivity (Wildman–Crippen MR) is 172 cm³/mol. The van der Waals surface area contributed by atoms with E-state index in [1.165, 1.54) is 70.1 Å². The van der Waals surface area contributed by atoms with Gasteiger partial charge in [-0.1, -0.05) is 61.7 Å². The average molecular weight is 551 g/mol. The monoisotopic (exact) mass is 550 g/mol. The molecule has 0 saturated carbocycles. The van der Waals surface area contributed by atoms with Crippen molar-refractivity contribution < 1.29 is 0 Å². The van der Waals surface area contributed by atoms with E-state index in [9.17, 15) is 0 Å². The number of piperidine rings is 2. The smallest absolute Gasteiger partial charge is 0.0704 e. The Morgan fingerprint density at radius 1 is 0.643 bits per heavy atom. The fourth-order valence-electron chi connectivity index (χ4n) is 8.61. The largest absolute Gasteiger partial charge is 0.366 e. The summed E-state index contributed by atoms with van der Waals surface area (Å²) in [6.07, 6.45) is 15.2. The second-order valence-corrected chi connectivity index (χ2v) is 12.5. The van der Waals surface area contributed by atoms with E-state index in [1.54, 1.807) is 0 Å². The van der Waals surface area contributed by atoms with Gasteiger partial charge in [-0.2, -0.15) is 0 Å². The van der Waals surface area contributed by atoms with Gasteiger partial charge in [0.2, 0.25) is 0 Å². The molecule has 10 rings (SSSR count). The van der Waals surface area contributed by atoms with E-state index in [1.807, 2.05) is 12.4 Å². The Bertz CT molecular complexity index is 1640. The second kappa shape index (κ2) is 10.3.